The molecule has 2 aliphatic rings. The highest BCUT2D eigenvalue weighted by molar-refractivity contribution is 6.00. The molecule has 1 fully saturated rings. The highest BCUT2D eigenvalue weighted by atomic mass is 16.3. The van der Waals surface area contributed by atoms with Gasteiger partial charge in [0.1, 0.15) is 11.8 Å². The molecule has 0 bridgehead atoms. The van der Waals surface area contributed by atoms with Crippen LogP contribution in [0.2, 0.25) is 0 Å². The minimum atomic E-state index is -1.04. The number of aliphatic hydroxyl groups is 3. The first-order valence-electron chi connectivity index (χ1n) is 6.10. The number of fused-ring (bicyclic) bond motifs is 1. The summed E-state index contributed by atoms with van der Waals surface area (Å²) in [6, 6.07) is -1.12. The van der Waals surface area contributed by atoms with E-state index in [-0.39, 0.29) is 12.5 Å². The third-order valence-corrected chi connectivity index (χ3v) is 3.68. The van der Waals surface area contributed by atoms with Gasteiger partial charge in [0.2, 0.25) is 0 Å². The fourth-order valence-electron chi connectivity index (χ4n) is 2.65. The van der Waals surface area contributed by atoms with Crippen LogP contribution in [0.1, 0.15) is 22.1 Å². The molecule has 0 saturated carbocycles. The van der Waals surface area contributed by atoms with E-state index in [0.717, 1.165) is 0 Å². The third kappa shape index (κ3) is 1.80. The Morgan fingerprint density at radius 2 is 2.05 bits per heavy atom. The van der Waals surface area contributed by atoms with Crippen molar-refractivity contribution >= 4 is 11.6 Å². The lowest BCUT2D eigenvalue weighted by atomic mass is 10.0. The topological polar surface area (TPSA) is 130 Å². The van der Waals surface area contributed by atoms with Crippen molar-refractivity contribution in [3.05, 3.63) is 17.5 Å². The number of nitrogens with one attached hydrogen (secondary N) is 4. The number of H-pyrrole nitrogens is 1. The highest BCUT2D eigenvalue weighted by Crippen LogP contribution is 2.34. The van der Waals surface area contributed by atoms with Gasteiger partial charge in [0, 0.05) is 11.8 Å². The Hall–Kier alpha value is -1.61. The standard InChI is InChI=1S/C11H16N4O4/c16-2-5-9(17)10(18)7(15-5)4-1-12-8-6(4)13-3-14-11(8)19/h1,5,7,9-10,12-13,15-18H,2-3H2,(H,14,19). The number of amides is 1. The quantitative estimate of drug-likeness (QED) is 0.327. The second kappa shape index (κ2) is 4.49. The van der Waals surface area contributed by atoms with Gasteiger partial charge in [0.15, 0.2) is 0 Å². The molecule has 1 amide bonds. The molecule has 7 N–H and O–H groups in total. The van der Waals surface area contributed by atoms with Crippen molar-refractivity contribution in [2.75, 3.05) is 18.6 Å². The summed E-state index contributed by atoms with van der Waals surface area (Å²) in [5.74, 6) is -0.216. The number of anilines is 1. The average Bonchev–Trinajstić information content (AvgIpc) is 2.94. The van der Waals surface area contributed by atoms with Crippen LogP contribution in [0.3, 0.4) is 0 Å². The number of hydrogen-bond acceptors (Lipinski definition) is 6. The molecule has 2 aliphatic heterocycles. The van der Waals surface area contributed by atoms with Gasteiger partial charge in [0.25, 0.3) is 5.91 Å². The summed E-state index contributed by atoms with van der Waals surface area (Å²) in [7, 11) is 0. The summed E-state index contributed by atoms with van der Waals surface area (Å²) in [5, 5.41) is 37.6. The Kier molecular flexibility index (Phi) is 2.94. The largest absolute Gasteiger partial charge is 0.395 e. The van der Waals surface area contributed by atoms with Gasteiger partial charge in [0.05, 0.1) is 37.2 Å². The monoisotopic (exact) mass is 268 g/mol. The molecule has 0 radical (unpaired) electrons. The number of carbonyl (C=O) groups excluding carboxylic acids is 1. The van der Waals surface area contributed by atoms with Crippen molar-refractivity contribution in [3.8, 4) is 0 Å². The smallest absolute Gasteiger partial charge is 0.271 e. The second-order valence-corrected chi connectivity index (χ2v) is 4.77. The van der Waals surface area contributed by atoms with Gasteiger partial charge in [-0.25, -0.2) is 0 Å². The van der Waals surface area contributed by atoms with E-state index in [1.165, 1.54) is 0 Å². The number of rotatable bonds is 2. The van der Waals surface area contributed by atoms with Gasteiger partial charge < -0.3 is 36.3 Å². The highest BCUT2D eigenvalue weighted by Gasteiger charge is 2.43. The molecule has 4 unspecified atom stereocenters. The van der Waals surface area contributed by atoms with Crippen molar-refractivity contribution < 1.29 is 20.1 Å². The fraction of sp³-hybridized carbons (Fsp3) is 0.545. The van der Waals surface area contributed by atoms with Crippen LogP contribution in [-0.4, -0.2) is 57.7 Å². The predicted octanol–water partition coefficient (Wildman–Crippen LogP) is -2.15. The summed E-state index contributed by atoms with van der Waals surface area (Å²) in [5.41, 5.74) is 1.69. The SMILES string of the molecule is O=C1NCNc2c(C3NC(CO)C(O)C3O)c[nH]c21. The Bertz CT molecular complexity index is 503. The van der Waals surface area contributed by atoms with Gasteiger partial charge >= 0.3 is 0 Å². The second-order valence-electron chi connectivity index (χ2n) is 4.77. The van der Waals surface area contributed by atoms with E-state index in [0.29, 0.717) is 23.6 Å². The molecular formula is C11H16N4O4. The molecule has 3 rings (SSSR count). The molecule has 1 aromatic rings. The van der Waals surface area contributed by atoms with Crippen molar-refractivity contribution in [2.24, 2.45) is 0 Å². The minimum Gasteiger partial charge on any atom is -0.395 e. The third-order valence-electron chi connectivity index (χ3n) is 3.68. The first-order valence-corrected chi connectivity index (χ1v) is 6.10. The lowest BCUT2D eigenvalue weighted by Gasteiger charge is -2.20. The zero-order chi connectivity index (χ0) is 13.6. The normalized spacial score (nSPS) is 33.7. The van der Waals surface area contributed by atoms with Crippen molar-refractivity contribution in [2.45, 2.75) is 24.3 Å². The van der Waals surface area contributed by atoms with Crippen LogP contribution < -0.4 is 16.0 Å². The van der Waals surface area contributed by atoms with Crippen molar-refractivity contribution in [1.82, 2.24) is 15.6 Å². The number of carbonyl (C=O) groups is 1. The molecule has 0 aliphatic carbocycles. The van der Waals surface area contributed by atoms with E-state index in [4.69, 9.17) is 5.11 Å². The Balaban J connectivity index is 1.93. The van der Waals surface area contributed by atoms with Crippen LogP contribution in [0.4, 0.5) is 5.69 Å². The first-order chi connectivity index (χ1) is 9.13. The molecule has 4 atom stereocenters. The number of aromatic nitrogens is 1. The molecule has 8 nitrogen and oxygen atoms in total. The summed E-state index contributed by atoms with van der Waals surface area (Å²) < 4.78 is 0. The van der Waals surface area contributed by atoms with Gasteiger partial charge in [-0.05, 0) is 0 Å². The molecule has 1 saturated heterocycles. The minimum absolute atomic E-state index is 0.216. The molecule has 0 spiro atoms. The maximum absolute atomic E-state index is 11.6. The van der Waals surface area contributed by atoms with Gasteiger partial charge in [-0.3, -0.25) is 4.79 Å². The molecule has 1 aromatic heterocycles. The van der Waals surface area contributed by atoms with Gasteiger partial charge in [-0.15, -0.1) is 0 Å². The molecule has 8 heteroatoms. The zero-order valence-corrected chi connectivity index (χ0v) is 10.1. The van der Waals surface area contributed by atoms with E-state index in [9.17, 15) is 15.0 Å². The van der Waals surface area contributed by atoms with Crippen LogP contribution in [0.5, 0.6) is 0 Å². The van der Waals surface area contributed by atoms with Crippen LogP contribution in [0, 0.1) is 0 Å². The molecule has 3 heterocycles. The van der Waals surface area contributed by atoms with Gasteiger partial charge in [-0.2, -0.15) is 0 Å². The molecule has 19 heavy (non-hydrogen) atoms. The Labute approximate surface area is 108 Å². The van der Waals surface area contributed by atoms with E-state index < -0.39 is 24.3 Å². The summed E-state index contributed by atoms with van der Waals surface area (Å²) in [6.45, 7) is 0.0424. The molecule has 104 valence electrons. The van der Waals surface area contributed by atoms with E-state index in [1.807, 2.05) is 0 Å². The van der Waals surface area contributed by atoms with Crippen LogP contribution in [0.25, 0.3) is 0 Å². The first kappa shape index (κ1) is 12.4. The number of aliphatic hydroxyl groups excluding tert-OH is 3. The van der Waals surface area contributed by atoms with E-state index >= 15 is 0 Å². The maximum Gasteiger partial charge on any atom is 0.271 e. The molecule has 0 aromatic carbocycles. The summed E-state index contributed by atoms with van der Waals surface area (Å²) >= 11 is 0. The van der Waals surface area contributed by atoms with Crippen LogP contribution >= 0.6 is 0 Å². The fourth-order valence-corrected chi connectivity index (χ4v) is 2.65. The number of aromatic amines is 1. The van der Waals surface area contributed by atoms with Crippen LogP contribution in [-0.2, 0) is 0 Å². The van der Waals surface area contributed by atoms with Crippen molar-refractivity contribution in [1.29, 1.82) is 0 Å². The predicted molar refractivity (Wildman–Crippen MR) is 65.5 cm³/mol. The summed E-state index contributed by atoms with van der Waals surface area (Å²) in [4.78, 5) is 14.5. The van der Waals surface area contributed by atoms with E-state index in [2.05, 4.69) is 20.9 Å². The van der Waals surface area contributed by atoms with E-state index in [1.54, 1.807) is 6.20 Å². The molecular weight excluding hydrogens is 252 g/mol. The van der Waals surface area contributed by atoms with Crippen LogP contribution in [0.15, 0.2) is 6.20 Å². The van der Waals surface area contributed by atoms with Gasteiger partial charge in [-0.1, -0.05) is 0 Å². The Morgan fingerprint density at radius 1 is 1.26 bits per heavy atom. The zero-order valence-electron chi connectivity index (χ0n) is 10.1. The average molecular weight is 268 g/mol. The lowest BCUT2D eigenvalue weighted by molar-refractivity contribution is 0.0195. The lowest BCUT2D eigenvalue weighted by Crippen LogP contribution is -2.36. The maximum atomic E-state index is 11.6. The van der Waals surface area contributed by atoms with Crippen molar-refractivity contribution in [3.63, 3.8) is 0 Å². The Morgan fingerprint density at radius 3 is 2.74 bits per heavy atom. The summed E-state index contributed by atoms with van der Waals surface area (Å²) in [6.07, 6.45) is -0.461. The number of hydrogen-bond donors (Lipinski definition) is 7.